The third-order valence-corrected chi connectivity index (χ3v) is 2.86. The molecule has 1 rings (SSSR count). The number of nitrogen functional groups attached to an aromatic ring is 1. The Bertz CT molecular complexity index is 293. The van der Waals surface area contributed by atoms with Crippen LogP contribution >= 0.6 is 11.8 Å². The van der Waals surface area contributed by atoms with Crippen molar-refractivity contribution in [3.05, 3.63) is 18.2 Å². The fraction of sp³-hybridized carbons (Fsp3) is 0.400. The summed E-state index contributed by atoms with van der Waals surface area (Å²) in [6.07, 6.45) is 0.568. The van der Waals surface area contributed by atoms with Crippen molar-refractivity contribution in [1.82, 2.24) is 0 Å². The first-order valence-corrected chi connectivity index (χ1v) is 5.38. The van der Waals surface area contributed by atoms with Gasteiger partial charge in [-0.2, -0.15) is 0 Å². The Balaban J connectivity index is 2.65. The van der Waals surface area contributed by atoms with Crippen LogP contribution in [0.4, 0.5) is 10.1 Å². The fourth-order valence-corrected chi connectivity index (χ4v) is 1.96. The Hall–Kier alpha value is -0.900. The van der Waals surface area contributed by atoms with Gasteiger partial charge in [0.15, 0.2) is 0 Å². The second-order valence-corrected chi connectivity index (χ2v) is 3.94. The number of anilines is 1. The lowest BCUT2D eigenvalue weighted by Gasteiger charge is -2.07. The van der Waals surface area contributed by atoms with Gasteiger partial charge in [-0.3, -0.25) is 4.39 Å². The van der Waals surface area contributed by atoms with Crippen molar-refractivity contribution < 1.29 is 9.13 Å². The van der Waals surface area contributed by atoms with Gasteiger partial charge in [0.1, 0.15) is 5.75 Å². The summed E-state index contributed by atoms with van der Waals surface area (Å²) in [5, 5.41) is 0. The number of methoxy groups -OCH3 is 1. The monoisotopic (exact) mass is 215 g/mol. The predicted octanol–water partition coefficient (Wildman–Crippen LogP) is 2.73. The molecule has 14 heavy (non-hydrogen) atoms. The molecule has 0 fully saturated rings. The number of thioether (sulfide) groups is 1. The fourth-order valence-electron chi connectivity index (χ4n) is 1.04. The second kappa shape index (κ2) is 5.75. The largest absolute Gasteiger partial charge is 0.496 e. The van der Waals surface area contributed by atoms with Gasteiger partial charge in [-0.05, 0) is 18.6 Å². The van der Waals surface area contributed by atoms with E-state index in [-0.39, 0.29) is 6.67 Å². The van der Waals surface area contributed by atoms with Crippen LogP contribution in [0.5, 0.6) is 5.75 Å². The minimum absolute atomic E-state index is 0.274. The maximum Gasteiger partial charge on any atom is 0.134 e. The lowest BCUT2D eigenvalue weighted by atomic mass is 10.3. The normalized spacial score (nSPS) is 10.1. The van der Waals surface area contributed by atoms with Gasteiger partial charge in [0.2, 0.25) is 0 Å². The Morgan fingerprint density at radius 3 is 2.93 bits per heavy atom. The molecule has 0 atom stereocenters. The number of alkyl halides is 1. The van der Waals surface area contributed by atoms with Crippen LogP contribution in [0.3, 0.4) is 0 Å². The van der Waals surface area contributed by atoms with Gasteiger partial charge >= 0.3 is 0 Å². The van der Waals surface area contributed by atoms with Crippen LogP contribution < -0.4 is 10.5 Å². The van der Waals surface area contributed by atoms with Gasteiger partial charge < -0.3 is 10.5 Å². The van der Waals surface area contributed by atoms with Crippen LogP contribution in [0.25, 0.3) is 0 Å². The van der Waals surface area contributed by atoms with E-state index in [1.807, 2.05) is 12.1 Å². The van der Waals surface area contributed by atoms with Gasteiger partial charge in [-0.1, -0.05) is 0 Å². The van der Waals surface area contributed by atoms with Crippen LogP contribution in [-0.2, 0) is 0 Å². The van der Waals surface area contributed by atoms with E-state index in [1.165, 1.54) is 0 Å². The van der Waals surface area contributed by atoms with E-state index in [0.717, 1.165) is 16.4 Å². The molecule has 78 valence electrons. The molecule has 0 saturated carbocycles. The summed E-state index contributed by atoms with van der Waals surface area (Å²) >= 11 is 1.58. The summed E-state index contributed by atoms with van der Waals surface area (Å²) in [4.78, 5) is 1.01. The first-order chi connectivity index (χ1) is 6.77. The molecule has 0 spiro atoms. The third kappa shape index (κ3) is 3.10. The maximum atomic E-state index is 11.9. The minimum atomic E-state index is -0.274. The first kappa shape index (κ1) is 11.2. The number of halogens is 1. The van der Waals surface area contributed by atoms with Crippen molar-refractivity contribution in [2.45, 2.75) is 11.3 Å². The van der Waals surface area contributed by atoms with E-state index < -0.39 is 0 Å². The Morgan fingerprint density at radius 2 is 2.29 bits per heavy atom. The van der Waals surface area contributed by atoms with Crippen molar-refractivity contribution in [2.24, 2.45) is 0 Å². The molecule has 0 aliphatic rings. The number of hydrogen-bond donors (Lipinski definition) is 1. The Labute approximate surface area is 87.6 Å². The topological polar surface area (TPSA) is 35.2 Å². The van der Waals surface area contributed by atoms with E-state index in [9.17, 15) is 4.39 Å². The summed E-state index contributed by atoms with van der Waals surface area (Å²) < 4.78 is 17.0. The molecule has 0 bridgehead atoms. The van der Waals surface area contributed by atoms with Gasteiger partial charge in [-0.25, -0.2) is 0 Å². The first-order valence-electron chi connectivity index (χ1n) is 4.40. The molecule has 1 aromatic rings. The zero-order chi connectivity index (χ0) is 10.4. The molecular formula is C10H14FNOS. The quantitative estimate of drug-likeness (QED) is 0.466. The number of nitrogens with two attached hydrogens (primary N) is 1. The van der Waals surface area contributed by atoms with Crippen molar-refractivity contribution >= 4 is 17.4 Å². The van der Waals surface area contributed by atoms with E-state index in [2.05, 4.69) is 0 Å². The smallest absolute Gasteiger partial charge is 0.134 e. The second-order valence-electron chi connectivity index (χ2n) is 2.80. The zero-order valence-corrected chi connectivity index (χ0v) is 8.94. The maximum absolute atomic E-state index is 11.9. The van der Waals surface area contributed by atoms with Gasteiger partial charge in [0, 0.05) is 22.4 Å². The van der Waals surface area contributed by atoms with E-state index in [1.54, 1.807) is 24.9 Å². The van der Waals surface area contributed by atoms with E-state index in [0.29, 0.717) is 12.1 Å². The van der Waals surface area contributed by atoms with Gasteiger partial charge in [0.25, 0.3) is 0 Å². The molecule has 0 radical (unpaired) electrons. The predicted molar refractivity (Wildman–Crippen MR) is 58.7 cm³/mol. The molecule has 0 unspecified atom stereocenters. The van der Waals surface area contributed by atoms with Crippen molar-refractivity contribution in [1.29, 1.82) is 0 Å². The van der Waals surface area contributed by atoms with E-state index >= 15 is 0 Å². The number of hydrogen-bond acceptors (Lipinski definition) is 3. The Morgan fingerprint density at radius 1 is 1.50 bits per heavy atom. The summed E-state index contributed by atoms with van der Waals surface area (Å²) in [6, 6.07) is 5.50. The summed E-state index contributed by atoms with van der Waals surface area (Å²) in [5.74, 6) is 1.52. The van der Waals surface area contributed by atoms with Crippen LogP contribution in [0.15, 0.2) is 23.1 Å². The average molecular weight is 215 g/mol. The molecule has 1 aromatic carbocycles. The number of ether oxygens (including phenoxy) is 1. The highest BCUT2D eigenvalue weighted by atomic mass is 32.2. The highest BCUT2D eigenvalue weighted by Crippen LogP contribution is 2.31. The van der Waals surface area contributed by atoms with Crippen LogP contribution in [-0.4, -0.2) is 19.5 Å². The summed E-state index contributed by atoms with van der Waals surface area (Å²) in [7, 11) is 1.61. The lowest BCUT2D eigenvalue weighted by molar-refractivity contribution is 0.405. The van der Waals surface area contributed by atoms with Crippen LogP contribution in [0.2, 0.25) is 0 Å². The molecule has 0 heterocycles. The number of rotatable bonds is 5. The SMILES string of the molecule is COc1cc(N)ccc1SCCCF. The van der Waals surface area contributed by atoms with Crippen molar-refractivity contribution in [3.63, 3.8) is 0 Å². The molecule has 0 saturated heterocycles. The molecule has 0 aliphatic carbocycles. The number of benzene rings is 1. The third-order valence-electron chi connectivity index (χ3n) is 1.72. The van der Waals surface area contributed by atoms with Crippen molar-refractivity contribution in [2.75, 3.05) is 25.3 Å². The lowest BCUT2D eigenvalue weighted by Crippen LogP contribution is -1.91. The minimum Gasteiger partial charge on any atom is -0.496 e. The highest BCUT2D eigenvalue weighted by Gasteiger charge is 2.03. The molecule has 0 amide bonds. The molecule has 4 heteroatoms. The van der Waals surface area contributed by atoms with Gasteiger partial charge in [-0.15, -0.1) is 11.8 Å². The summed E-state index contributed by atoms with van der Waals surface area (Å²) in [5.41, 5.74) is 6.29. The Kier molecular flexibility index (Phi) is 4.59. The van der Waals surface area contributed by atoms with E-state index in [4.69, 9.17) is 10.5 Å². The highest BCUT2D eigenvalue weighted by molar-refractivity contribution is 7.99. The molecular weight excluding hydrogens is 201 g/mol. The molecule has 2 nitrogen and oxygen atoms in total. The van der Waals surface area contributed by atoms with Gasteiger partial charge in [0.05, 0.1) is 13.8 Å². The molecule has 2 N–H and O–H groups in total. The standard InChI is InChI=1S/C10H14FNOS/c1-13-9-7-8(12)3-4-10(9)14-6-2-5-11/h3-4,7H,2,5-6,12H2,1H3. The summed E-state index contributed by atoms with van der Waals surface area (Å²) in [6.45, 7) is -0.274. The average Bonchev–Trinajstić information content (AvgIpc) is 2.20. The molecule has 0 aliphatic heterocycles. The van der Waals surface area contributed by atoms with Crippen LogP contribution in [0, 0.1) is 0 Å². The van der Waals surface area contributed by atoms with Crippen LogP contribution in [0.1, 0.15) is 6.42 Å². The van der Waals surface area contributed by atoms with Crippen molar-refractivity contribution in [3.8, 4) is 5.75 Å². The zero-order valence-electron chi connectivity index (χ0n) is 8.13. The molecule has 0 aromatic heterocycles.